The number of amides is 1. The summed E-state index contributed by atoms with van der Waals surface area (Å²) < 4.78 is 11.8. The van der Waals surface area contributed by atoms with Crippen molar-refractivity contribution < 1.29 is 19.4 Å². The van der Waals surface area contributed by atoms with Gasteiger partial charge in [0.1, 0.15) is 13.0 Å². The largest absolute Gasteiger partial charge is 0.465 e. The van der Waals surface area contributed by atoms with E-state index in [1.807, 2.05) is 19.1 Å². The Hall–Kier alpha value is -0.860. The second kappa shape index (κ2) is 9.58. The van der Waals surface area contributed by atoms with E-state index in [1.165, 1.54) is 14.0 Å². The molecule has 1 aromatic carbocycles. The number of carboxylic acid groups (broad SMARTS) is 1. The molecule has 2 rings (SSSR count). The van der Waals surface area contributed by atoms with E-state index in [0.717, 1.165) is 25.7 Å². The van der Waals surface area contributed by atoms with Gasteiger partial charge in [-0.05, 0) is 53.5 Å². The Balaban J connectivity index is 2.31. The zero-order chi connectivity index (χ0) is 17.5. The van der Waals surface area contributed by atoms with Gasteiger partial charge in [0.05, 0.1) is 0 Å². The number of carbonyl (C=O) groups is 1. The van der Waals surface area contributed by atoms with Gasteiger partial charge in [-0.25, -0.2) is 4.79 Å². The van der Waals surface area contributed by atoms with E-state index in [-0.39, 0.29) is 18.8 Å². The number of hydrogen-bond donors (Lipinski definition) is 1. The lowest BCUT2D eigenvalue weighted by Crippen LogP contribution is -2.51. The normalized spacial score (nSPS) is 22.1. The second-order valence-electron chi connectivity index (χ2n) is 6.11. The molecule has 0 aliphatic heterocycles. The molecule has 1 unspecified atom stereocenters. The Morgan fingerprint density at radius 1 is 1.38 bits per heavy atom. The van der Waals surface area contributed by atoms with E-state index in [0.29, 0.717) is 6.42 Å². The minimum atomic E-state index is -0.916. The SMILES string of the molecule is CCC(OCOC)N(C(=O)O)[C@H]1CCCC[C@H]1c1ccccc1I. The van der Waals surface area contributed by atoms with Crippen LogP contribution < -0.4 is 0 Å². The van der Waals surface area contributed by atoms with E-state index in [9.17, 15) is 9.90 Å². The summed E-state index contributed by atoms with van der Waals surface area (Å²) in [5.74, 6) is 0.211. The highest BCUT2D eigenvalue weighted by Crippen LogP contribution is 2.39. The lowest BCUT2D eigenvalue weighted by Gasteiger charge is -2.42. The molecule has 1 aromatic rings. The van der Waals surface area contributed by atoms with Crippen molar-refractivity contribution >= 4 is 28.7 Å². The van der Waals surface area contributed by atoms with Crippen LogP contribution in [0.2, 0.25) is 0 Å². The summed E-state index contributed by atoms with van der Waals surface area (Å²) in [5, 5.41) is 9.86. The van der Waals surface area contributed by atoms with Crippen LogP contribution in [0.4, 0.5) is 4.79 Å². The summed E-state index contributed by atoms with van der Waals surface area (Å²) in [4.78, 5) is 13.5. The zero-order valence-electron chi connectivity index (χ0n) is 14.3. The van der Waals surface area contributed by atoms with Gasteiger partial charge in [-0.15, -0.1) is 0 Å². The van der Waals surface area contributed by atoms with Gasteiger partial charge in [-0.1, -0.05) is 38.0 Å². The van der Waals surface area contributed by atoms with E-state index < -0.39 is 12.3 Å². The van der Waals surface area contributed by atoms with Crippen molar-refractivity contribution in [2.24, 2.45) is 0 Å². The van der Waals surface area contributed by atoms with Crippen LogP contribution in [0.15, 0.2) is 24.3 Å². The summed E-state index contributed by atoms with van der Waals surface area (Å²) >= 11 is 2.35. The first-order valence-electron chi connectivity index (χ1n) is 8.46. The van der Waals surface area contributed by atoms with Crippen LogP contribution in [0, 0.1) is 3.57 Å². The first-order chi connectivity index (χ1) is 11.6. The van der Waals surface area contributed by atoms with Crippen LogP contribution in [0.3, 0.4) is 0 Å². The molecule has 0 spiro atoms. The quantitative estimate of drug-likeness (QED) is 0.488. The number of benzene rings is 1. The van der Waals surface area contributed by atoms with E-state index in [1.54, 1.807) is 7.11 Å². The molecule has 0 bridgehead atoms. The fourth-order valence-electron chi connectivity index (χ4n) is 3.60. The number of halogens is 1. The number of hydrogen-bond acceptors (Lipinski definition) is 3. The average Bonchev–Trinajstić information content (AvgIpc) is 2.59. The summed E-state index contributed by atoms with van der Waals surface area (Å²) in [6, 6.07) is 8.21. The molecule has 6 heteroatoms. The molecule has 1 N–H and O–H groups in total. The predicted molar refractivity (Wildman–Crippen MR) is 101 cm³/mol. The molecule has 24 heavy (non-hydrogen) atoms. The topological polar surface area (TPSA) is 59.0 Å². The molecule has 0 heterocycles. The molecule has 0 saturated heterocycles. The van der Waals surface area contributed by atoms with Crippen molar-refractivity contribution in [3.8, 4) is 0 Å². The molecule has 1 aliphatic carbocycles. The zero-order valence-corrected chi connectivity index (χ0v) is 16.4. The van der Waals surface area contributed by atoms with Crippen LogP contribution in [-0.2, 0) is 9.47 Å². The third kappa shape index (κ3) is 4.61. The fraction of sp³-hybridized carbons (Fsp3) is 0.611. The lowest BCUT2D eigenvalue weighted by molar-refractivity contribution is -0.136. The number of nitrogens with zero attached hydrogens (tertiary/aromatic N) is 1. The van der Waals surface area contributed by atoms with Crippen LogP contribution in [0.25, 0.3) is 0 Å². The second-order valence-corrected chi connectivity index (χ2v) is 7.27. The lowest BCUT2D eigenvalue weighted by atomic mass is 9.79. The van der Waals surface area contributed by atoms with Crippen molar-refractivity contribution in [1.29, 1.82) is 0 Å². The molecule has 1 aliphatic rings. The molecule has 3 atom stereocenters. The van der Waals surface area contributed by atoms with Crippen LogP contribution in [0.1, 0.15) is 50.5 Å². The van der Waals surface area contributed by atoms with Crippen molar-refractivity contribution in [2.45, 2.75) is 57.2 Å². The molecule has 1 fully saturated rings. The minimum absolute atomic E-state index is 0.0611. The maximum Gasteiger partial charge on any atom is 0.409 e. The van der Waals surface area contributed by atoms with E-state index >= 15 is 0 Å². The van der Waals surface area contributed by atoms with Crippen molar-refractivity contribution in [2.75, 3.05) is 13.9 Å². The summed E-state index contributed by atoms with van der Waals surface area (Å²) in [6.07, 6.45) is 3.27. The van der Waals surface area contributed by atoms with Gasteiger partial charge in [-0.3, -0.25) is 4.90 Å². The highest BCUT2D eigenvalue weighted by Gasteiger charge is 2.38. The fourth-order valence-corrected chi connectivity index (χ4v) is 4.39. The molecule has 1 amide bonds. The molecular weight excluding hydrogens is 421 g/mol. The number of methoxy groups -OCH3 is 1. The van der Waals surface area contributed by atoms with Gasteiger partial charge in [0, 0.05) is 22.6 Å². The number of ether oxygens (including phenoxy) is 2. The van der Waals surface area contributed by atoms with Gasteiger partial charge in [0.25, 0.3) is 0 Å². The smallest absolute Gasteiger partial charge is 0.409 e. The number of rotatable bonds is 7. The first kappa shape index (κ1) is 19.5. The molecular formula is C18H26INO4. The van der Waals surface area contributed by atoms with Gasteiger partial charge in [0.15, 0.2) is 0 Å². The Labute approximate surface area is 157 Å². The third-order valence-electron chi connectivity index (χ3n) is 4.65. The summed E-state index contributed by atoms with van der Waals surface area (Å²) in [7, 11) is 1.55. The first-order valence-corrected chi connectivity index (χ1v) is 9.54. The Morgan fingerprint density at radius 2 is 2.08 bits per heavy atom. The Bertz CT molecular complexity index is 540. The molecule has 0 aromatic heterocycles. The van der Waals surface area contributed by atoms with Crippen LogP contribution in [-0.4, -0.2) is 42.3 Å². The van der Waals surface area contributed by atoms with Crippen molar-refractivity contribution in [3.05, 3.63) is 33.4 Å². The Kier molecular flexibility index (Phi) is 7.77. The highest BCUT2D eigenvalue weighted by atomic mass is 127. The molecule has 0 radical (unpaired) electrons. The maximum absolute atomic E-state index is 12.0. The van der Waals surface area contributed by atoms with Crippen molar-refractivity contribution in [3.63, 3.8) is 0 Å². The highest BCUT2D eigenvalue weighted by molar-refractivity contribution is 14.1. The monoisotopic (exact) mass is 447 g/mol. The molecule has 5 nitrogen and oxygen atoms in total. The molecule has 134 valence electrons. The minimum Gasteiger partial charge on any atom is -0.465 e. The van der Waals surface area contributed by atoms with Crippen LogP contribution in [0.5, 0.6) is 0 Å². The standard InChI is InChI=1S/C18H26INO4/c1-3-17(24-12-23-2)20(18(21)22)16-11-7-5-9-14(16)13-8-4-6-10-15(13)19/h4,6,8,10,14,16-17H,3,5,7,9,11-12H2,1-2H3,(H,21,22)/t14-,16-,17?/m0/s1. The van der Waals surface area contributed by atoms with Gasteiger partial charge >= 0.3 is 6.09 Å². The summed E-state index contributed by atoms with van der Waals surface area (Å²) in [5.41, 5.74) is 1.25. The van der Waals surface area contributed by atoms with E-state index in [4.69, 9.17) is 9.47 Å². The third-order valence-corrected chi connectivity index (χ3v) is 5.63. The van der Waals surface area contributed by atoms with E-state index in [2.05, 4.69) is 34.7 Å². The maximum atomic E-state index is 12.0. The van der Waals surface area contributed by atoms with Crippen molar-refractivity contribution in [1.82, 2.24) is 4.90 Å². The predicted octanol–water partition coefficient (Wildman–Crippen LogP) is 4.65. The molecule has 1 saturated carbocycles. The van der Waals surface area contributed by atoms with Gasteiger partial charge < -0.3 is 14.6 Å². The van der Waals surface area contributed by atoms with Gasteiger partial charge in [-0.2, -0.15) is 0 Å². The summed E-state index contributed by atoms with van der Waals surface area (Å²) in [6.45, 7) is 2.04. The van der Waals surface area contributed by atoms with Gasteiger partial charge in [0.2, 0.25) is 0 Å². The average molecular weight is 447 g/mol. The Morgan fingerprint density at radius 3 is 2.71 bits per heavy atom. The van der Waals surface area contributed by atoms with Crippen LogP contribution >= 0.6 is 22.6 Å².